The second kappa shape index (κ2) is 5.69. The van der Waals surface area contributed by atoms with Gasteiger partial charge in [0.15, 0.2) is 5.69 Å². The summed E-state index contributed by atoms with van der Waals surface area (Å²) < 4.78 is 38.5. The van der Waals surface area contributed by atoms with Gasteiger partial charge in [-0.15, -0.1) is 0 Å². The average molecular weight is 317 g/mol. The van der Waals surface area contributed by atoms with E-state index in [1.54, 1.807) is 24.3 Å². The van der Waals surface area contributed by atoms with Gasteiger partial charge in [-0.3, -0.25) is 0 Å². The number of rotatable bonds is 3. The fourth-order valence-electron chi connectivity index (χ4n) is 1.69. The van der Waals surface area contributed by atoms with Gasteiger partial charge in [0.2, 0.25) is 0 Å². The van der Waals surface area contributed by atoms with E-state index in [1.807, 2.05) is 0 Å². The summed E-state index contributed by atoms with van der Waals surface area (Å²) in [6.07, 6.45) is -4.24. The summed E-state index contributed by atoms with van der Waals surface area (Å²) in [5.41, 5.74) is -1.90. The fourth-order valence-corrected chi connectivity index (χ4v) is 1.89. The minimum absolute atomic E-state index is 0.0251. The van der Waals surface area contributed by atoms with Crippen LogP contribution in [0.2, 0.25) is 5.02 Å². The smallest absolute Gasteiger partial charge is 0.434 e. The van der Waals surface area contributed by atoms with Gasteiger partial charge >= 0.3 is 12.1 Å². The van der Waals surface area contributed by atoms with E-state index in [2.05, 4.69) is 9.97 Å². The molecule has 110 valence electrons. The molecule has 0 saturated heterocycles. The molecule has 0 bridgehead atoms. The lowest BCUT2D eigenvalue weighted by atomic mass is 10.1. The Morgan fingerprint density at radius 3 is 2.52 bits per heavy atom. The maximum Gasteiger partial charge on any atom is 0.434 e. The second-order valence-electron chi connectivity index (χ2n) is 4.12. The molecule has 21 heavy (non-hydrogen) atoms. The van der Waals surface area contributed by atoms with Crippen LogP contribution in [-0.4, -0.2) is 21.0 Å². The van der Waals surface area contributed by atoms with Crippen molar-refractivity contribution in [1.82, 2.24) is 9.97 Å². The van der Waals surface area contributed by atoms with Crippen molar-refractivity contribution < 1.29 is 23.1 Å². The number of aromatic nitrogens is 2. The third-order valence-corrected chi connectivity index (χ3v) is 3.01. The highest BCUT2D eigenvalue weighted by Gasteiger charge is 2.38. The van der Waals surface area contributed by atoms with E-state index in [9.17, 15) is 18.0 Å². The number of aromatic carboxylic acids is 1. The van der Waals surface area contributed by atoms with Crippen molar-refractivity contribution in [1.29, 1.82) is 0 Å². The van der Waals surface area contributed by atoms with Crippen LogP contribution in [0.4, 0.5) is 13.2 Å². The zero-order valence-electron chi connectivity index (χ0n) is 10.4. The standard InChI is InChI=1S/C13H8ClF3N2O2/c14-9-4-2-1-3-7(9)5-10-18-6-8(12(20)21)11(19-10)13(15,16)17/h1-4,6H,5H2,(H,20,21). The SMILES string of the molecule is O=C(O)c1cnc(Cc2ccccc2Cl)nc1C(F)(F)F. The Balaban J connectivity index is 2.43. The van der Waals surface area contributed by atoms with Gasteiger partial charge in [0.25, 0.3) is 0 Å². The highest BCUT2D eigenvalue weighted by atomic mass is 35.5. The largest absolute Gasteiger partial charge is 0.478 e. The summed E-state index contributed by atoms with van der Waals surface area (Å²) in [6, 6.07) is 6.58. The van der Waals surface area contributed by atoms with E-state index in [4.69, 9.17) is 16.7 Å². The molecule has 0 atom stereocenters. The van der Waals surface area contributed by atoms with Crippen molar-refractivity contribution >= 4 is 17.6 Å². The van der Waals surface area contributed by atoms with Crippen LogP contribution >= 0.6 is 11.6 Å². The summed E-state index contributed by atoms with van der Waals surface area (Å²) in [5.74, 6) is -1.88. The molecule has 0 fully saturated rings. The molecule has 0 saturated carbocycles. The minimum Gasteiger partial charge on any atom is -0.478 e. The Kier molecular flexibility index (Phi) is 4.13. The van der Waals surface area contributed by atoms with Crippen molar-refractivity contribution in [2.45, 2.75) is 12.6 Å². The molecular weight excluding hydrogens is 309 g/mol. The van der Waals surface area contributed by atoms with Crippen molar-refractivity contribution in [3.05, 3.63) is 58.1 Å². The van der Waals surface area contributed by atoms with Crippen LogP contribution in [0.3, 0.4) is 0 Å². The van der Waals surface area contributed by atoms with Gasteiger partial charge in [-0.25, -0.2) is 14.8 Å². The fraction of sp³-hybridized carbons (Fsp3) is 0.154. The van der Waals surface area contributed by atoms with Gasteiger partial charge in [0.1, 0.15) is 11.4 Å². The molecule has 1 heterocycles. The number of hydrogen-bond donors (Lipinski definition) is 1. The van der Waals surface area contributed by atoms with E-state index in [0.717, 1.165) is 0 Å². The predicted molar refractivity (Wildman–Crippen MR) is 68.3 cm³/mol. The third kappa shape index (κ3) is 3.49. The summed E-state index contributed by atoms with van der Waals surface area (Å²) >= 11 is 5.91. The van der Waals surface area contributed by atoms with Gasteiger partial charge in [-0.1, -0.05) is 29.8 Å². The lowest BCUT2D eigenvalue weighted by Crippen LogP contribution is -2.17. The van der Waals surface area contributed by atoms with Gasteiger partial charge in [0.05, 0.1) is 0 Å². The Morgan fingerprint density at radius 1 is 1.29 bits per heavy atom. The number of hydrogen-bond acceptors (Lipinski definition) is 3. The number of halogens is 4. The molecule has 0 aliphatic heterocycles. The van der Waals surface area contributed by atoms with Gasteiger partial charge < -0.3 is 5.11 Å². The molecule has 4 nitrogen and oxygen atoms in total. The third-order valence-electron chi connectivity index (χ3n) is 2.64. The summed E-state index contributed by atoms with van der Waals surface area (Å²) in [4.78, 5) is 17.8. The molecule has 1 aromatic heterocycles. The number of benzene rings is 1. The van der Waals surface area contributed by atoms with Crippen LogP contribution in [0, 0.1) is 0 Å². The Hall–Kier alpha value is -2.15. The van der Waals surface area contributed by atoms with Gasteiger partial charge in [-0.2, -0.15) is 13.2 Å². The first-order chi connectivity index (χ1) is 9.79. The molecule has 0 radical (unpaired) electrons. The van der Waals surface area contributed by atoms with Crippen molar-refractivity contribution in [3.8, 4) is 0 Å². The molecule has 1 N–H and O–H groups in total. The number of alkyl halides is 3. The summed E-state index contributed by atoms with van der Waals surface area (Å²) in [6.45, 7) is 0. The molecule has 0 aliphatic carbocycles. The van der Waals surface area contributed by atoms with E-state index >= 15 is 0 Å². The lowest BCUT2D eigenvalue weighted by Gasteiger charge is -2.10. The molecule has 0 aliphatic rings. The Bertz CT molecular complexity index is 689. The van der Waals surface area contributed by atoms with Crippen LogP contribution in [0.5, 0.6) is 0 Å². The molecule has 2 rings (SSSR count). The topological polar surface area (TPSA) is 63.1 Å². The summed E-state index contributed by atoms with van der Waals surface area (Å²) in [5, 5.41) is 9.12. The number of nitrogens with zero attached hydrogens (tertiary/aromatic N) is 2. The average Bonchev–Trinajstić information content (AvgIpc) is 2.40. The zero-order valence-corrected chi connectivity index (χ0v) is 11.1. The van der Waals surface area contributed by atoms with Gasteiger partial charge in [0, 0.05) is 17.6 Å². The minimum atomic E-state index is -4.87. The van der Waals surface area contributed by atoms with E-state index in [1.165, 1.54) is 0 Å². The second-order valence-corrected chi connectivity index (χ2v) is 4.53. The monoisotopic (exact) mass is 316 g/mol. The molecule has 0 amide bonds. The maximum atomic E-state index is 12.8. The Labute approximate surface area is 122 Å². The van der Waals surface area contributed by atoms with Crippen molar-refractivity contribution in [3.63, 3.8) is 0 Å². The normalized spacial score (nSPS) is 11.4. The van der Waals surface area contributed by atoms with E-state index < -0.39 is 23.4 Å². The van der Waals surface area contributed by atoms with E-state index in [0.29, 0.717) is 16.8 Å². The van der Waals surface area contributed by atoms with Crippen LogP contribution < -0.4 is 0 Å². The Morgan fingerprint density at radius 2 is 1.95 bits per heavy atom. The van der Waals surface area contributed by atoms with Crippen LogP contribution in [0.15, 0.2) is 30.5 Å². The first-order valence-electron chi connectivity index (χ1n) is 5.69. The summed E-state index contributed by atoms with van der Waals surface area (Å²) in [7, 11) is 0. The van der Waals surface area contributed by atoms with Crippen LogP contribution in [0.1, 0.15) is 27.4 Å². The molecule has 0 spiro atoms. The highest BCUT2D eigenvalue weighted by Crippen LogP contribution is 2.30. The maximum absolute atomic E-state index is 12.8. The quantitative estimate of drug-likeness (QED) is 0.942. The molecule has 8 heteroatoms. The molecular formula is C13H8ClF3N2O2. The number of carbonyl (C=O) groups is 1. The van der Waals surface area contributed by atoms with Crippen LogP contribution in [-0.2, 0) is 12.6 Å². The van der Waals surface area contributed by atoms with E-state index in [-0.39, 0.29) is 12.2 Å². The number of carboxylic acid groups (broad SMARTS) is 1. The van der Waals surface area contributed by atoms with Crippen molar-refractivity contribution in [2.75, 3.05) is 0 Å². The van der Waals surface area contributed by atoms with Crippen LogP contribution in [0.25, 0.3) is 0 Å². The zero-order chi connectivity index (χ0) is 15.6. The first kappa shape index (κ1) is 15.2. The van der Waals surface area contributed by atoms with Crippen molar-refractivity contribution in [2.24, 2.45) is 0 Å². The molecule has 2 aromatic rings. The molecule has 0 unspecified atom stereocenters. The predicted octanol–water partition coefficient (Wildman–Crippen LogP) is 3.44. The number of carboxylic acids is 1. The van der Waals surface area contributed by atoms with Gasteiger partial charge in [-0.05, 0) is 11.6 Å². The lowest BCUT2D eigenvalue weighted by molar-refractivity contribution is -0.141. The first-order valence-corrected chi connectivity index (χ1v) is 6.06. The molecule has 1 aromatic carbocycles. The highest BCUT2D eigenvalue weighted by molar-refractivity contribution is 6.31.